The van der Waals surface area contributed by atoms with E-state index in [0.29, 0.717) is 11.4 Å². The zero-order valence-electron chi connectivity index (χ0n) is 8.63. The Morgan fingerprint density at radius 3 is 2.62 bits per heavy atom. The van der Waals surface area contributed by atoms with Gasteiger partial charge in [0.05, 0.1) is 6.61 Å². The van der Waals surface area contributed by atoms with Gasteiger partial charge in [-0.15, -0.1) is 0 Å². The average Bonchev–Trinajstić information content (AvgIpc) is 2.01. The van der Waals surface area contributed by atoms with Gasteiger partial charge in [-0.05, 0) is 12.2 Å². The second kappa shape index (κ2) is 6.08. The molecule has 13 heavy (non-hydrogen) atoms. The number of rotatable bonds is 5. The molecule has 2 nitrogen and oxygen atoms in total. The van der Waals surface area contributed by atoms with Crippen LogP contribution in [-0.4, -0.2) is 23.1 Å². The predicted molar refractivity (Wildman–Crippen MR) is 58.0 cm³/mol. The van der Waals surface area contributed by atoms with Crippen LogP contribution in [0.15, 0.2) is 12.7 Å². The van der Waals surface area contributed by atoms with Crippen molar-refractivity contribution in [3.05, 3.63) is 12.7 Å². The summed E-state index contributed by atoms with van der Waals surface area (Å²) >= 11 is 1.88. The molecule has 0 unspecified atom stereocenters. The molecular formula is C10H18O2S. The largest absolute Gasteiger partial charge is 0.463 e. The molecule has 0 spiro atoms. The van der Waals surface area contributed by atoms with E-state index < -0.39 is 0 Å². The predicted octanol–water partition coefficient (Wildman–Crippen LogP) is 2.64. The summed E-state index contributed by atoms with van der Waals surface area (Å²) in [5, 5.41) is 0. The number of esters is 1. The van der Waals surface area contributed by atoms with E-state index in [1.807, 2.05) is 11.8 Å². The van der Waals surface area contributed by atoms with Crippen LogP contribution < -0.4 is 0 Å². The number of hydrogen-bond donors (Lipinski definition) is 0. The standard InChI is InChI=1S/C10H18O2S/c1-5-9(11)12-7-6-8-13-10(2,3)4/h5H,1,6-8H2,2-4H3. The molecule has 0 amide bonds. The second-order valence-electron chi connectivity index (χ2n) is 3.69. The van der Waals surface area contributed by atoms with E-state index in [-0.39, 0.29) is 5.97 Å². The fourth-order valence-corrected chi connectivity index (χ4v) is 1.54. The van der Waals surface area contributed by atoms with Crippen molar-refractivity contribution in [1.82, 2.24) is 0 Å². The van der Waals surface area contributed by atoms with Crippen molar-refractivity contribution < 1.29 is 9.53 Å². The molecule has 0 aliphatic carbocycles. The van der Waals surface area contributed by atoms with Crippen molar-refractivity contribution in [2.75, 3.05) is 12.4 Å². The van der Waals surface area contributed by atoms with Gasteiger partial charge >= 0.3 is 5.97 Å². The first kappa shape index (κ1) is 12.6. The molecule has 0 bridgehead atoms. The number of ether oxygens (including phenoxy) is 1. The van der Waals surface area contributed by atoms with Crippen LogP contribution in [0.3, 0.4) is 0 Å². The summed E-state index contributed by atoms with van der Waals surface area (Å²) in [6.07, 6.45) is 2.10. The van der Waals surface area contributed by atoms with Crippen molar-refractivity contribution >= 4 is 17.7 Å². The minimum Gasteiger partial charge on any atom is -0.463 e. The van der Waals surface area contributed by atoms with Crippen LogP contribution in [0.4, 0.5) is 0 Å². The number of thioether (sulfide) groups is 1. The van der Waals surface area contributed by atoms with Crippen LogP contribution >= 0.6 is 11.8 Å². The molecule has 0 aromatic rings. The van der Waals surface area contributed by atoms with Crippen molar-refractivity contribution in [2.24, 2.45) is 0 Å². The number of hydrogen-bond acceptors (Lipinski definition) is 3. The highest BCUT2D eigenvalue weighted by atomic mass is 32.2. The quantitative estimate of drug-likeness (QED) is 0.389. The highest BCUT2D eigenvalue weighted by Gasteiger charge is 2.09. The Balaban J connectivity index is 3.27. The highest BCUT2D eigenvalue weighted by molar-refractivity contribution is 8.00. The van der Waals surface area contributed by atoms with Gasteiger partial charge < -0.3 is 4.74 Å². The van der Waals surface area contributed by atoms with E-state index in [1.165, 1.54) is 6.08 Å². The van der Waals surface area contributed by atoms with Gasteiger partial charge in [0.1, 0.15) is 0 Å². The van der Waals surface area contributed by atoms with Crippen LogP contribution in [0.25, 0.3) is 0 Å². The molecule has 0 aromatic heterocycles. The van der Waals surface area contributed by atoms with Crippen molar-refractivity contribution in [2.45, 2.75) is 31.9 Å². The van der Waals surface area contributed by atoms with E-state index in [4.69, 9.17) is 4.74 Å². The van der Waals surface area contributed by atoms with Gasteiger partial charge in [0.15, 0.2) is 0 Å². The Labute approximate surface area is 84.7 Å². The van der Waals surface area contributed by atoms with E-state index in [0.717, 1.165) is 12.2 Å². The maximum atomic E-state index is 10.6. The molecular weight excluding hydrogens is 184 g/mol. The molecule has 0 saturated carbocycles. The Hall–Kier alpha value is -0.440. The van der Waals surface area contributed by atoms with Crippen LogP contribution in [0.2, 0.25) is 0 Å². The average molecular weight is 202 g/mol. The summed E-state index contributed by atoms with van der Waals surface area (Å²) < 4.78 is 5.13. The molecule has 0 aromatic carbocycles. The van der Waals surface area contributed by atoms with E-state index in [9.17, 15) is 4.79 Å². The third kappa shape index (κ3) is 9.47. The highest BCUT2D eigenvalue weighted by Crippen LogP contribution is 2.23. The third-order valence-electron chi connectivity index (χ3n) is 1.23. The zero-order valence-corrected chi connectivity index (χ0v) is 9.45. The fraction of sp³-hybridized carbons (Fsp3) is 0.700. The molecule has 3 heteroatoms. The lowest BCUT2D eigenvalue weighted by Gasteiger charge is -2.16. The number of carbonyl (C=O) groups is 1. The molecule has 0 aliphatic rings. The van der Waals surface area contributed by atoms with Crippen LogP contribution in [0.1, 0.15) is 27.2 Å². The summed E-state index contributed by atoms with van der Waals surface area (Å²) in [6, 6.07) is 0. The Kier molecular flexibility index (Phi) is 5.88. The smallest absolute Gasteiger partial charge is 0.330 e. The van der Waals surface area contributed by atoms with Crippen LogP contribution in [0.5, 0.6) is 0 Å². The zero-order chi connectivity index (χ0) is 10.3. The normalized spacial score (nSPS) is 11.0. The molecule has 0 N–H and O–H groups in total. The summed E-state index contributed by atoms with van der Waals surface area (Å²) in [5.41, 5.74) is 0. The van der Waals surface area contributed by atoms with Crippen molar-refractivity contribution in [1.29, 1.82) is 0 Å². The lowest BCUT2D eigenvalue weighted by atomic mass is 10.3. The SMILES string of the molecule is C=CC(=O)OCCCSC(C)(C)C. The lowest BCUT2D eigenvalue weighted by Crippen LogP contribution is -2.10. The first-order valence-electron chi connectivity index (χ1n) is 4.39. The summed E-state index contributed by atoms with van der Waals surface area (Å²) in [5.74, 6) is 0.689. The molecule has 0 rings (SSSR count). The van der Waals surface area contributed by atoms with E-state index in [2.05, 4.69) is 27.4 Å². The molecule has 0 atom stereocenters. The molecule has 76 valence electrons. The van der Waals surface area contributed by atoms with Gasteiger partial charge in [-0.3, -0.25) is 0 Å². The van der Waals surface area contributed by atoms with Gasteiger partial charge in [-0.2, -0.15) is 11.8 Å². The summed E-state index contributed by atoms with van der Waals surface area (Å²) in [4.78, 5) is 10.6. The first-order valence-corrected chi connectivity index (χ1v) is 5.37. The Morgan fingerprint density at radius 1 is 1.54 bits per heavy atom. The van der Waals surface area contributed by atoms with E-state index >= 15 is 0 Å². The Morgan fingerprint density at radius 2 is 2.15 bits per heavy atom. The minimum atomic E-state index is -0.333. The van der Waals surface area contributed by atoms with Gasteiger partial charge in [0.25, 0.3) is 0 Å². The maximum Gasteiger partial charge on any atom is 0.330 e. The lowest BCUT2D eigenvalue weighted by molar-refractivity contribution is -0.137. The van der Waals surface area contributed by atoms with E-state index in [1.54, 1.807) is 0 Å². The van der Waals surface area contributed by atoms with Crippen molar-refractivity contribution in [3.63, 3.8) is 0 Å². The topological polar surface area (TPSA) is 26.3 Å². The summed E-state index contributed by atoms with van der Waals surface area (Å²) in [6.45, 7) is 10.3. The van der Waals surface area contributed by atoms with Gasteiger partial charge in [-0.1, -0.05) is 27.4 Å². The van der Waals surface area contributed by atoms with Gasteiger partial charge in [0.2, 0.25) is 0 Å². The third-order valence-corrected chi connectivity index (χ3v) is 2.59. The Bertz CT molecular complexity index is 170. The molecule has 0 fully saturated rings. The first-order chi connectivity index (χ1) is 5.95. The van der Waals surface area contributed by atoms with Crippen molar-refractivity contribution in [3.8, 4) is 0 Å². The van der Waals surface area contributed by atoms with Crippen LogP contribution in [-0.2, 0) is 9.53 Å². The molecule has 0 aliphatic heterocycles. The number of carbonyl (C=O) groups excluding carboxylic acids is 1. The fourth-order valence-electron chi connectivity index (χ4n) is 0.669. The molecule has 0 heterocycles. The maximum absolute atomic E-state index is 10.6. The van der Waals surface area contributed by atoms with Gasteiger partial charge in [-0.25, -0.2) is 4.79 Å². The minimum absolute atomic E-state index is 0.294. The molecule has 0 radical (unpaired) electrons. The van der Waals surface area contributed by atoms with Gasteiger partial charge in [0, 0.05) is 10.8 Å². The second-order valence-corrected chi connectivity index (χ2v) is 5.61. The molecule has 0 saturated heterocycles. The van der Waals surface area contributed by atoms with Crippen LogP contribution in [0, 0.1) is 0 Å². The summed E-state index contributed by atoms with van der Waals surface area (Å²) in [7, 11) is 0. The monoisotopic (exact) mass is 202 g/mol.